The maximum atomic E-state index is 5.41. The van der Waals surface area contributed by atoms with Crippen molar-refractivity contribution in [3.05, 3.63) is 17.6 Å². The zero-order valence-corrected chi connectivity index (χ0v) is 6.32. The first-order valence-corrected chi connectivity index (χ1v) is 3.78. The van der Waals surface area contributed by atoms with Gasteiger partial charge in [0.05, 0.1) is 5.38 Å². The zero-order chi connectivity index (χ0) is 7.68. The van der Waals surface area contributed by atoms with Crippen LogP contribution >= 0.6 is 11.5 Å². The van der Waals surface area contributed by atoms with Crippen LogP contribution in [0.3, 0.4) is 0 Å². The summed E-state index contributed by atoms with van der Waals surface area (Å²) in [6, 6.07) is 1.71. The first-order valence-electron chi connectivity index (χ1n) is 2.95. The van der Waals surface area contributed by atoms with E-state index in [2.05, 4.69) is 14.7 Å². The maximum absolute atomic E-state index is 5.41. The summed E-state index contributed by atoms with van der Waals surface area (Å²) >= 11 is 1.28. The molecule has 0 aliphatic carbocycles. The molecule has 0 spiro atoms. The van der Waals surface area contributed by atoms with Gasteiger partial charge >= 0.3 is 0 Å². The lowest BCUT2D eigenvalue weighted by atomic mass is 10.7. The van der Waals surface area contributed by atoms with E-state index in [9.17, 15) is 0 Å². The summed E-state index contributed by atoms with van der Waals surface area (Å²) in [5.74, 6) is 1.18. The molecule has 0 aliphatic rings. The van der Waals surface area contributed by atoms with E-state index in [1.165, 1.54) is 11.5 Å². The fourth-order valence-electron chi connectivity index (χ4n) is 0.725. The minimum atomic E-state index is 0.484. The molecule has 0 unspecified atom stereocenters. The van der Waals surface area contributed by atoms with Crippen molar-refractivity contribution >= 4 is 17.4 Å². The topological polar surface area (TPSA) is 69.6 Å². The van der Waals surface area contributed by atoms with Crippen molar-refractivity contribution in [2.75, 3.05) is 5.73 Å². The number of rotatable bonds is 1. The predicted molar refractivity (Wildman–Crippen MR) is 41.4 cm³/mol. The van der Waals surface area contributed by atoms with Crippen LogP contribution in [0.15, 0.2) is 17.6 Å². The molecule has 0 aromatic carbocycles. The molecule has 56 valence electrons. The first kappa shape index (κ1) is 6.29. The number of hydrogen-bond acceptors (Lipinski definition) is 5. The summed E-state index contributed by atoms with van der Waals surface area (Å²) in [5.41, 5.74) is 5.41. The van der Waals surface area contributed by atoms with Gasteiger partial charge < -0.3 is 5.73 Å². The summed E-state index contributed by atoms with van der Waals surface area (Å²) in [7, 11) is 0. The fraction of sp³-hybridized carbons (Fsp3) is 0. The zero-order valence-electron chi connectivity index (χ0n) is 5.51. The van der Waals surface area contributed by atoms with E-state index in [0.717, 1.165) is 0 Å². The summed E-state index contributed by atoms with van der Waals surface area (Å²) in [6.45, 7) is 0. The molecule has 0 atom stereocenters. The summed E-state index contributed by atoms with van der Waals surface area (Å²) in [5, 5.41) is 9.56. The van der Waals surface area contributed by atoms with Gasteiger partial charge in [0.1, 0.15) is 5.82 Å². The molecule has 0 saturated heterocycles. The van der Waals surface area contributed by atoms with E-state index in [1.807, 2.05) is 0 Å². The molecule has 2 aromatic heterocycles. The maximum Gasteiger partial charge on any atom is 0.188 e. The number of anilines is 1. The molecule has 6 heteroatoms. The van der Waals surface area contributed by atoms with Crippen LogP contribution in [0.1, 0.15) is 0 Å². The molecule has 11 heavy (non-hydrogen) atoms. The van der Waals surface area contributed by atoms with E-state index in [4.69, 9.17) is 5.73 Å². The van der Waals surface area contributed by atoms with Crippen LogP contribution in [-0.2, 0) is 0 Å². The molecule has 0 radical (unpaired) electrons. The molecule has 2 rings (SSSR count). The Balaban J connectivity index is 2.45. The van der Waals surface area contributed by atoms with Crippen LogP contribution < -0.4 is 5.73 Å². The van der Waals surface area contributed by atoms with Gasteiger partial charge in [-0.25, -0.2) is 4.68 Å². The Labute approximate surface area is 66.6 Å². The van der Waals surface area contributed by atoms with Crippen molar-refractivity contribution < 1.29 is 0 Å². The van der Waals surface area contributed by atoms with Crippen molar-refractivity contribution in [1.82, 2.24) is 19.4 Å². The Bertz CT molecular complexity index is 337. The molecule has 5 nitrogen and oxygen atoms in total. The quantitative estimate of drug-likeness (QED) is 0.663. The largest absolute Gasteiger partial charge is 0.382 e. The smallest absolute Gasteiger partial charge is 0.188 e. The molecule has 2 N–H and O–H groups in total. The summed E-state index contributed by atoms with van der Waals surface area (Å²) in [6.07, 6.45) is 1.74. The van der Waals surface area contributed by atoms with Crippen LogP contribution in [0.2, 0.25) is 0 Å². The SMILES string of the molecule is Nc1ccn(-c2csnn2)n1. The van der Waals surface area contributed by atoms with Gasteiger partial charge in [0, 0.05) is 12.3 Å². The van der Waals surface area contributed by atoms with Crippen molar-refractivity contribution in [2.45, 2.75) is 0 Å². The number of hydrogen-bond donors (Lipinski definition) is 1. The molecule has 0 aliphatic heterocycles. The normalized spacial score (nSPS) is 10.2. The minimum absolute atomic E-state index is 0.484. The van der Waals surface area contributed by atoms with Crippen LogP contribution in [0.4, 0.5) is 5.82 Å². The van der Waals surface area contributed by atoms with Gasteiger partial charge in [0.2, 0.25) is 0 Å². The van der Waals surface area contributed by atoms with E-state index < -0.39 is 0 Å². The number of nitrogens with zero attached hydrogens (tertiary/aromatic N) is 4. The van der Waals surface area contributed by atoms with Gasteiger partial charge in [-0.2, -0.15) is 0 Å². The number of nitrogens with two attached hydrogens (primary N) is 1. The van der Waals surface area contributed by atoms with Gasteiger partial charge in [-0.05, 0) is 11.5 Å². The van der Waals surface area contributed by atoms with Gasteiger partial charge in [-0.15, -0.1) is 10.2 Å². The molecule has 2 aromatic rings. The van der Waals surface area contributed by atoms with Gasteiger partial charge in [0.25, 0.3) is 0 Å². The Morgan fingerprint density at radius 1 is 1.55 bits per heavy atom. The van der Waals surface area contributed by atoms with E-state index in [-0.39, 0.29) is 0 Å². The average Bonchev–Trinajstić information content (AvgIpc) is 2.55. The van der Waals surface area contributed by atoms with Crippen molar-refractivity contribution in [3.63, 3.8) is 0 Å². The molecular formula is C5H5N5S. The second-order valence-electron chi connectivity index (χ2n) is 1.95. The Morgan fingerprint density at radius 2 is 2.45 bits per heavy atom. The van der Waals surface area contributed by atoms with Gasteiger partial charge in [0.15, 0.2) is 5.82 Å². The highest BCUT2D eigenvalue weighted by Gasteiger charge is 1.99. The second kappa shape index (κ2) is 2.31. The van der Waals surface area contributed by atoms with Crippen LogP contribution in [0, 0.1) is 0 Å². The monoisotopic (exact) mass is 167 g/mol. The number of aromatic nitrogens is 4. The Hall–Kier alpha value is -1.43. The predicted octanol–water partition coefficient (Wildman–Crippen LogP) is 0.306. The molecule has 0 saturated carbocycles. The third-order valence-electron chi connectivity index (χ3n) is 1.19. The van der Waals surface area contributed by atoms with Crippen LogP contribution in [0.5, 0.6) is 0 Å². The third kappa shape index (κ3) is 1.07. The average molecular weight is 167 g/mol. The van der Waals surface area contributed by atoms with Crippen LogP contribution in [-0.4, -0.2) is 19.4 Å². The minimum Gasteiger partial charge on any atom is -0.382 e. The highest BCUT2D eigenvalue weighted by atomic mass is 32.1. The van der Waals surface area contributed by atoms with Crippen molar-refractivity contribution in [1.29, 1.82) is 0 Å². The second-order valence-corrected chi connectivity index (χ2v) is 2.56. The van der Waals surface area contributed by atoms with E-state index in [0.29, 0.717) is 11.6 Å². The number of nitrogen functional groups attached to an aromatic ring is 1. The van der Waals surface area contributed by atoms with Crippen LogP contribution in [0.25, 0.3) is 5.82 Å². The molecular weight excluding hydrogens is 162 g/mol. The Morgan fingerprint density at radius 3 is 3.00 bits per heavy atom. The Kier molecular flexibility index (Phi) is 1.32. The summed E-state index contributed by atoms with van der Waals surface area (Å²) < 4.78 is 5.28. The lowest BCUT2D eigenvalue weighted by Gasteiger charge is -1.89. The van der Waals surface area contributed by atoms with Gasteiger partial charge in [-0.3, -0.25) is 0 Å². The van der Waals surface area contributed by atoms with Crippen molar-refractivity contribution in [3.8, 4) is 5.82 Å². The first-order chi connectivity index (χ1) is 5.36. The third-order valence-corrected chi connectivity index (χ3v) is 1.69. The molecule has 0 amide bonds. The fourth-order valence-corrected chi connectivity index (χ4v) is 1.15. The standard InChI is InChI=1S/C5H5N5S/c6-4-1-2-10(8-4)5-3-11-9-7-5/h1-3H,(H2,6,8). The lowest BCUT2D eigenvalue weighted by Crippen LogP contribution is -1.96. The highest BCUT2D eigenvalue weighted by Crippen LogP contribution is 2.05. The molecule has 0 fully saturated rings. The van der Waals surface area contributed by atoms with E-state index in [1.54, 1.807) is 22.3 Å². The van der Waals surface area contributed by atoms with Gasteiger partial charge in [-0.1, -0.05) is 4.49 Å². The highest BCUT2D eigenvalue weighted by molar-refractivity contribution is 7.03. The van der Waals surface area contributed by atoms with E-state index >= 15 is 0 Å². The lowest BCUT2D eigenvalue weighted by molar-refractivity contribution is 0.842. The summed E-state index contributed by atoms with van der Waals surface area (Å²) in [4.78, 5) is 0. The molecule has 2 heterocycles. The van der Waals surface area contributed by atoms with Crippen molar-refractivity contribution in [2.24, 2.45) is 0 Å². The molecule has 0 bridgehead atoms.